The summed E-state index contributed by atoms with van der Waals surface area (Å²) in [4.78, 5) is 26.1. The summed E-state index contributed by atoms with van der Waals surface area (Å²) < 4.78 is 5.15. The molecule has 3 rings (SSSR count). The van der Waals surface area contributed by atoms with E-state index in [4.69, 9.17) is 4.74 Å². The quantitative estimate of drug-likeness (QED) is 0.789. The third kappa shape index (κ3) is 5.48. The molecule has 2 aromatic carbocycles. The van der Waals surface area contributed by atoms with Crippen molar-refractivity contribution in [2.45, 2.75) is 25.4 Å². The van der Waals surface area contributed by atoms with Crippen LogP contribution in [-0.2, 0) is 17.8 Å². The highest BCUT2D eigenvalue weighted by atomic mass is 16.5. The molecule has 0 unspecified atom stereocenters. The van der Waals surface area contributed by atoms with E-state index >= 15 is 0 Å². The fourth-order valence-electron chi connectivity index (χ4n) is 3.16. The van der Waals surface area contributed by atoms with Crippen LogP contribution in [0, 0.1) is 0 Å². The fraction of sp³-hybridized carbons (Fsp3) is 0.333. The van der Waals surface area contributed by atoms with Crippen molar-refractivity contribution in [3.8, 4) is 5.75 Å². The molecule has 0 aromatic heterocycles. The average molecular weight is 367 g/mol. The zero-order valence-corrected chi connectivity index (χ0v) is 15.5. The third-order valence-corrected chi connectivity index (χ3v) is 4.68. The second kappa shape index (κ2) is 9.07. The Hall–Kier alpha value is -3.02. The van der Waals surface area contributed by atoms with E-state index in [1.807, 2.05) is 59.5 Å². The second-order valence-electron chi connectivity index (χ2n) is 6.65. The van der Waals surface area contributed by atoms with Crippen LogP contribution >= 0.6 is 0 Å². The molecule has 0 spiro atoms. The molecule has 0 radical (unpaired) electrons. The van der Waals surface area contributed by atoms with Crippen molar-refractivity contribution in [2.75, 3.05) is 20.2 Å². The van der Waals surface area contributed by atoms with Crippen LogP contribution in [0.25, 0.3) is 0 Å². The van der Waals surface area contributed by atoms with Gasteiger partial charge in [-0.15, -0.1) is 0 Å². The molecule has 0 aliphatic carbocycles. The number of nitrogens with one attached hydrogen (secondary N) is 2. The monoisotopic (exact) mass is 367 g/mol. The summed E-state index contributed by atoms with van der Waals surface area (Å²) in [5, 5.41) is 5.73. The number of carbonyl (C=O) groups excluding carboxylic acids is 2. The molecule has 142 valence electrons. The molecule has 1 saturated heterocycles. The predicted molar refractivity (Wildman–Crippen MR) is 103 cm³/mol. The van der Waals surface area contributed by atoms with Crippen molar-refractivity contribution >= 4 is 11.9 Å². The molecule has 6 heteroatoms. The van der Waals surface area contributed by atoms with E-state index in [1.54, 1.807) is 7.11 Å². The summed E-state index contributed by atoms with van der Waals surface area (Å²) in [6.45, 7) is 1.66. The van der Waals surface area contributed by atoms with Gasteiger partial charge in [0.2, 0.25) is 5.91 Å². The van der Waals surface area contributed by atoms with Gasteiger partial charge in [-0.1, -0.05) is 42.5 Å². The average Bonchev–Trinajstić information content (AvgIpc) is 3.05. The van der Waals surface area contributed by atoms with Crippen molar-refractivity contribution < 1.29 is 14.3 Å². The molecule has 1 aliphatic rings. The maximum Gasteiger partial charge on any atom is 0.315 e. The molecule has 6 nitrogen and oxygen atoms in total. The van der Waals surface area contributed by atoms with Gasteiger partial charge in [0.1, 0.15) is 5.75 Å². The van der Waals surface area contributed by atoms with E-state index in [0.29, 0.717) is 26.1 Å². The lowest BCUT2D eigenvalue weighted by Crippen LogP contribution is -2.43. The highest BCUT2D eigenvalue weighted by molar-refractivity contribution is 5.81. The number of methoxy groups -OCH3 is 1. The first kappa shape index (κ1) is 18.8. The molecule has 2 N–H and O–H groups in total. The molecule has 27 heavy (non-hydrogen) atoms. The van der Waals surface area contributed by atoms with Crippen molar-refractivity contribution in [1.82, 2.24) is 15.5 Å². The van der Waals surface area contributed by atoms with Gasteiger partial charge < -0.3 is 20.3 Å². The molecule has 2 aromatic rings. The normalized spacial score (nSPS) is 16.3. The molecule has 1 heterocycles. The minimum atomic E-state index is -0.242. The molecular formula is C21H25N3O3. The van der Waals surface area contributed by atoms with Crippen LogP contribution in [0.15, 0.2) is 54.6 Å². The zero-order valence-electron chi connectivity index (χ0n) is 15.5. The van der Waals surface area contributed by atoms with Crippen molar-refractivity contribution in [2.24, 2.45) is 0 Å². The molecule has 3 amide bonds. The van der Waals surface area contributed by atoms with Crippen molar-refractivity contribution in [1.29, 1.82) is 0 Å². The van der Waals surface area contributed by atoms with Gasteiger partial charge in [0.15, 0.2) is 0 Å². The number of rotatable bonds is 7. The maximum atomic E-state index is 12.2. The Morgan fingerprint density at radius 1 is 1.11 bits per heavy atom. The van der Waals surface area contributed by atoms with Gasteiger partial charge >= 0.3 is 6.03 Å². The Kier molecular flexibility index (Phi) is 6.30. The summed E-state index contributed by atoms with van der Waals surface area (Å²) in [6.07, 6.45) is 1.13. The number of hydrogen-bond acceptors (Lipinski definition) is 3. The van der Waals surface area contributed by atoms with Crippen LogP contribution in [0.1, 0.15) is 17.5 Å². The van der Waals surface area contributed by atoms with E-state index in [1.165, 1.54) is 0 Å². The van der Waals surface area contributed by atoms with Crippen LogP contribution < -0.4 is 15.4 Å². The number of ether oxygens (including phenoxy) is 1. The Bertz CT molecular complexity index is 762. The number of benzene rings is 2. The van der Waals surface area contributed by atoms with E-state index in [-0.39, 0.29) is 18.0 Å². The molecular weight excluding hydrogens is 342 g/mol. The summed E-state index contributed by atoms with van der Waals surface area (Å²) in [5.41, 5.74) is 2.19. The highest BCUT2D eigenvalue weighted by Gasteiger charge is 2.30. The second-order valence-corrected chi connectivity index (χ2v) is 6.65. The van der Waals surface area contributed by atoms with E-state index < -0.39 is 0 Å². The molecule has 1 fully saturated rings. The van der Waals surface area contributed by atoms with Crippen LogP contribution in [-0.4, -0.2) is 43.1 Å². The first-order valence-electron chi connectivity index (χ1n) is 9.13. The summed E-state index contributed by atoms with van der Waals surface area (Å²) in [6, 6.07) is 17.2. The molecule has 1 aliphatic heterocycles. The first-order valence-corrected chi connectivity index (χ1v) is 9.13. The van der Waals surface area contributed by atoms with Crippen molar-refractivity contribution in [3.63, 3.8) is 0 Å². The lowest BCUT2D eigenvalue weighted by molar-refractivity contribution is -0.127. The first-order chi connectivity index (χ1) is 13.1. The summed E-state index contributed by atoms with van der Waals surface area (Å²) in [7, 11) is 1.64. The Morgan fingerprint density at radius 2 is 1.85 bits per heavy atom. The minimum Gasteiger partial charge on any atom is -0.497 e. The van der Waals surface area contributed by atoms with Gasteiger partial charge in [0.25, 0.3) is 0 Å². The van der Waals surface area contributed by atoms with E-state index in [9.17, 15) is 9.59 Å². The van der Waals surface area contributed by atoms with Crippen LogP contribution in [0.4, 0.5) is 4.79 Å². The standard InChI is InChI=1S/C21H25N3O3/c1-27-19-9-7-16(8-10-19)11-12-24-15-18(13-20(24)25)23-21(26)22-14-17-5-3-2-4-6-17/h2-10,18H,11-15H2,1H3,(H2,22,23,26)/t18-/m1/s1. The topological polar surface area (TPSA) is 70.7 Å². The van der Waals surface area contributed by atoms with Gasteiger partial charge in [-0.05, 0) is 29.7 Å². The number of urea groups is 1. The third-order valence-electron chi connectivity index (χ3n) is 4.68. The molecule has 0 bridgehead atoms. The van der Waals surface area contributed by atoms with Gasteiger partial charge in [-0.2, -0.15) is 0 Å². The summed E-state index contributed by atoms with van der Waals surface area (Å²) in [5.74, 6) is 0.902. The van der Waals surface area contributed by atoms with E-state index in [2.05, 4.69) is 10.6 Å². The van der Waals surface area contributed by atoms with Crippen LogP contribution in [0.2, 0.25) is 0 Å². The van der Waals surface area contributed by atoms with Crippen LogP contribution in [0.5, 0.6) is 5.75 Å². The lowest BCUT2D eigenvalue weighted by Gasteiger charge is -2.17. The number of likely N-dealkylation sites (tertiary alicyclic amines) is 1. The van der Waals surface area contributed by atoms with E-state index in [0.717, 1.165) is 23.3 Å². The highest BCUT2D eigenvalue weighted by Crippen LogP contribution is 2.15. The van der Waals surface area contributed by atoms with Gasteiger partial charge in [-0.3, -0.25) is 4.79 Å². The minimum absolute atomic E-state index is 0.0804. The van der Waals surface area contributed by atoms with Gasteiger partial charge in [-0.25, -0.2) is 4.79 Å². The Morgan fingerprint density at radius 3 is 2.56 bits per heavy atom. The number of hydrogen-bond donors (Lipinski definition) is 2. The number of amides is 3. The number of nitrogens with zero attached hydrogens (tertiary/aromatic N) is 1. The smallest absolute Gasteiger partial charge is 0.315 e. The van der Waals surface area contributed by atoms with Gasteiger partial charge in [0.05, 0.1) is 13.2 Å². The fourth-order valence-corrected chi connectivity index (χ4v) is 3.16. The Labute approximate surface area is 159 Å². The largest absolute Gasteiger partial charge is 0.497 e. The Balaban J connectivity index is 1.41. The van der Waals surface area contributed by atoms with Crippen molar-refractivity contribution in [3.05, 3.63) is 65.7 Å². The molecule has 0 saturated carbocycles. The summed E-state index contributed by atoms with van der Waals surface area (Å²) >= 11 is 0. The SMILES string of the molecule is COc1ccc(CCN2C[C@H](NC(=O)NCc3ccccc3)CC2=O)cc1. The van der Waals surface area contributed by atoms with Gasteiger partial charge in [0, 0.05) is 26.1 Å². The zero-order chi connectivity index (χ0) is 19.1. The van der Waals surface area contributed by atoms with Crippen LogP contribution in [0.3, 0.4) is 0 Å². The predicted octanol–water partition coefficient (Wildman–Crippen LogP) is 2.34. The maximum absolute atomic E-state index is 12.2. The molecule has 1 atom stereocenters. The number of carbonyl (C=O) groups is 2. The lowest BCUT2D eigenvalue weighted by atomic mass is 10.1.